The molecule has 2 aromatic rings. The van der Waals surface area contributed by atoms with Gasteiger partial charge in [-0.2, -0.15) is 5.10 Å². The summed E-state index contributed by atoms with van der Waals surface area (Å²) in [6.45, 7) is 3.91. The van der Waals surface area contributed by atoms with Crippen LogP contribution in [0.1, 0.15) is 27.0 Å². The molecule has 5 heteroatoms. The summed E-state index contributed by atoms with van der Waals surface area (Å²) in [5.74, 6) is 0.482. The van der Waals surface area contributed by atoms with Crippen molar-refractivity contribution in [3.8, 4) is 5.75 Å². The number of amides is 1. The molecule has 0 aliphatic rings. The van der Waals surface area contributed by atoms with Crippen LogP contribution in [-0.2, 0) is 0 Å². The van der Waals surface area contributed by atoms with E-state index in [1.54, 1.807) is 42.7 Å². The SMILES string of the molecule is COc1ccc(C(=O)N/N=C(/C)c2ccc(C)s2)cc1. The lowest BCUT2D eigenvalue weighted by Crippen LogP contribution is -2.19. The highest BCUT2D eigenvalue weighted by Gasteiger charge is 2.06. The van der Waals surface area contributed by atoms with Gasteiger partial charge >= 0.3 is 0 Å². The fourth-order valence-electron chi connectivity index (χ4n) is 1.63. The van der Waals surface area contributed by atoms with E-state index in [1.165, 1.54) is 4.88 Å². The minimum Gasteiger partial charge on any atom is -0.497 e. The summed E-state index contributed by atoms with van der Waals surface area (Å²) in [4.78, 5) is 14.2. The van der Waals surface area contributed by atoms with Gasteiger partial charge in [-0.1, -0.05) is 0 Å². The minimum absolute atomic E-state index is 0.236. The largest absolute Gasteiger partial charge is 0.497 e. The van der Waals surface area contributed by atoms with Crippen LogP contribution in [0, 0.1) is 6.92 Å². The maximum atomic E-state index is 11.9. The zero-order valence-corrected chi connectivity index (χ0v) is 12.5. The molecule has 0 saturated carbocycles. The highest BCUT2D eigenvalue weighted by molar-refractivity contribution is 7.14. The highest BCUT2D eigenvalue weighted by Crippen LogP contribution is 2.16. The fourth-order valence-corrected chi connectivity index (χ4v) is 2.44. The van der Waals surface area contributed by atoms with Crippen LogP contribution in [-0.4, -0.2) is 18.7 Å². The maximum Gasteiger partial charge on any atom is 0.271 e. The number of benzene rings is 1. The number of hydrogen-bond donors (Lipinski definition) is 1. The van der Waals surface area contributed by atoms with Crippen LogP contribution >= 0.6 is 11.3 Å². The molecule has 20 heavy (non-hydrogen) atoms. The van der Waals surface area contributed by atoms with E-state index in [4.69, 9.17) is 4.74 Å². The van der Waals surface area contributed by atoms with Crippen molar-refractivity contribution in [3.05, 3.63) is 51.7 Å². The molecule has 0 radical (unpaired) electrons. The quantitative estimate of drug-likeness (QED) is 0.693. The van der Waals surface area contributed by atoms with E-state index in [9.17, 15) is 4.79 Å². The van der Waals surface area contributed by atoms with Crippen molar-refractivity contribution in [3.63, 3.8) is 0 Å². The molecule has 1 aromatic heterocycles. The molecule has 0 bridgehead atoms. The summed E-state index contributed by atoms with van der Waals surface area (Å²) >= 11 is 1.65. The van der Waals surface area contributed by atoms with Crippen molar-refractivity contribution >= 4 is 23.0 Å². The van der Waals surface area contributed by atoms with Crippen LogP contribution in [0.15, 0.2) is 41.5 Å². The summed E-state index contributed by atoms with van der Waals surface area (Å²) < 4.78 is 5.05. The molecule has 0 spiro atoms. The Balaban J connectivity index is 2.03. The molecule has 0 aliphatic carbocycles. The molecular formula is C15H16N2O2S. The van der Waals surface area contributed by atoms with Gasteiger partial charge in [0.2, 0.25) is 0 Å². The van der Waals surface area contributed by atoms with Crippen LogP contribution in [0.5, 0.6) is 5.75 Å². The topological polar surface area (TPSA) is 50.7 Å². The third kappa shape index (κ3) is 3.45. The number of carbonyl (C=O) groups excluding carboxylic acids is 1. The predicted octanol–water partition coefficient (Wildman–Crippen LogP) is 3.22. The van der Waals surface area contributed by atoms with Crippen molar-refractivity contribution in [2.45, 2.75) is 13.8 Å². The molecule has 1 aromatic carbocycles. The summed E-state index contributed by atoms with van der Waals surface area (Å²) in [7, 11) is 1.59. The van der Waals surface area contributed by atoms with Crippen molar-refractivity contribution < 1.29 is 9.53 Å². The number of methoxy groups -OCH3 is 1. The van der Waals surface area contributed by atoms with Crippen LogP contribution in [0.3, 0.4) is 0 Å². The lowest BCUT2D eigenvalue weighted by atomic mass is 10.2. The Kier molecular flexibility index (Phi) is 4.53. The van der Waals surface area contributed by atoms with Gasteiger partial charge in [0.25, 0.3) is 5.91 Å². The Morgan fingerprint density at radius 1 is 1.20 bits per heavy atom. The van der Waals surface area contributed by atoms with Crippen LogP contribution in [0.4, 0.5) is 0 Å². The number of thiophene rings is 1. The summed E-state index contributed by atoms with van der Waals surface area (Å²) in [6, 6.07) is 10.9. The summed E-state index contributed by atoms with van der Waals surface area (Å²) in [5.41, 5.74) is 3.90. The summed E-state index contributed by atoms with van der Waals surface area (Å²) in [6.07, 6.45) is 0. The molecule has 4 nitrogen and oxygen atoms in total. The molecule has 104 valence electrons. The van der Waals surface area contributed by atoms with Gasteiger partial charge in [0.05, 0.1) is 17.7 Å². The zero-order valence-electron chi connectivity index (χ0n) is 11.6. The highest BCUT2D eigenvalue weighted by atomic mass is 32.1. The Bertz CT molecular complexity index is 630. The average Bonchev–Trinajstić information content (AvgIpc) is 2.91. The van der Waals surface area contributed by atoms with E-state index >= 15 is 0 Å². The molecule has 2 rings (SSSR count). The summed E-state index contributed by atoms with van der Waals surface area (Å²) in [5, 5.41) is 4.12. The van der Waals surface area contributed by atoms with Crippen molar-refractivity contribution in [1.29, 1.82) is 0 Å². The van der Waals surface area contributed by atoms with Gasteiger partial charge in [0, 0.05) is 10.4 Å². The lowest BCUT2D eigenvalue weighted by molar-refractivity contribution is 0.0955. The molecular weight excluding hydrogens is 272 g/mol. The molecule has 1 heterocycles. The first-order valence-electron chi connectivity index (χ1n) is 6.15. The van der Waals surface area contributed by atoms with Gasteiger partial charge in [-0.15, -0.1) is 11.3 Å². The van der Waals surface area contributed by atoms with E-state index in [0.717, 1.165) is 16.3 Å². The first kappa shape index (κ1) is 14.3. The van der Waals surface area contributed by atoms with E-state index < -0.39 is 0 Å². The molecule has 0 unspecified atom stereocenters. The smallest absolute Gasteiger partial charge is 0.271 e. The minimum atomic E-state index is -0.236. The monoisotopic (exact) mass is 288 g/mol. The van der Waals surface area contributed by atoms with Gasteiger partial charge in [-0.05, 0) is 50.2 Å². The molecule has 1 N–H and O–H groups in total. The van der Waals surface area contributed by atoms with Crippen molar-refractivity contribution in [2.24, 2.45) is 5.10 Å². The van der Waals surface area contributed by atoms with Crippen molar-refractivity contribution in [1.82, 2.24) is 5.43 Å². The second kappa shape index (κ2) is 6.34. The molecule has 0 saturated heterocycles. The molecule has 0 atom stereocenters. The average molecular weight is 288 g/mol. The third-order valence-electron chi connectivity index (χ3n) is 2.77. The van der Waals surface area contributed by atoms with E-state index in [-0.39, 0.29) is 5.91 Å². The maximum absolute atomic E-state index is 11.9. The third-order valence-corrected chi connectivity index (χ3v) is 3.88. The fraction of sp³-hybridized carbons (Fsp3) is 0.200. The Hall–Kier alpha value is -2.14. The Morgan fingerprint density at radius 3 is 2.45 bits per heavy atom. The van der Waals surface area contributed by atoms with Gasteiger partial charge in [0.1, 0.15) is 5.75 Å². The number of nitrogens with one attached hydrogen (secondary N) is 1. The van der Waals surface area contributed by atoms with Gasteiger partial charge in [0.15, 0.2) is 0 Å². The number of aryl methyl sites for hydroxylation is 1. The van der Waals surface area contributed by atoms with E-state index in [2.05, 4.69) is 10.5 Å². The van der Waals surface area contributed by atoms with Crippen LogP contribution in [0.2, 0.25) is 0 Å². The number of hydrogen-bond acceptors (Lipinski definition) is 4. The molecule has 0 fully saturated rings. The number of nitrogens with zero attached hydrogens (tertiary/aromatic N) is 1. The number of rotatable bonds is 4. The predicted molar refractivity (Wildman–Crippen MR) is 81.7 cm³/mol. The molecule has 1 amide bonds. The number of carbonyl (C=O) groups is 1. The van der Waals surface area contributed by atoms with Gasteiger partial charge in [-0.3, -0.25) is 4.79 Å². The zero-order chi connectivity index (χ0) is 14.5. The van der Waals surface area contributed by atoms with E-state index in [1.807, 2.05) is 26.0 Å². The van der Waals surface area contributed by atoms with E-state index in [0.29, 0.717) is 5.56 Å². The standard InChI is InChI=1S/C15H16N2O2S/c1-10-4-9-14(20-10)11(2)16-17-15(18)12-5-7-13(19-3)8-6-12/h4-9H,1-3H3,(H,17,18)/b16-11-. The first-order valence-corrected chi connectivity index (χ1v) is 6.97. The molecule has 0 aliphatic heterocycles. The first-order chi connectivity index (χ1) is 9.60. The number of ether oxygens (including phenoxy) is 1. The van der Waals surface area contributed by atoms with Gasteiger partial charge < -0.3 is 4.74 Å². The van der Waals surface area contributed by atoms with Crippen molar-refractivity contribution in [2.75, 3.05) is 7.11 Å². The second-order valence-corrected chi connectivity index (χ2v) is 5.56. The second-order valence-electron chi connectivity index (χ2n) is 4.28. The Labute approximate surface area is 122 Å². The van der Waals surface area contributed by atoms with Crippen LogP contribution < -0.4 is 10.2 Å². The van der Waals surface area contributed by atoms with Crippen LogP contribution in [0.25, 0.3) is 0 Å². The number of hydrazone groups is 1. The Morgan fingerprint density at radius 2 is 1.90 bits per heavy atom. The lowest BCUT2D eigenvalue weighted by Gasteiger charge is -2.03. The normalized spacial score (nSPS) is 11.2. The van der Waals surface area contributed by atoms with Gasteiger partial charge in [-0.25, -0.2) is 5.43 Å².